The van der Waals surface area contributed by atoms with Crippen molar-refractivity contribution in [2.24, 2.45) is 0 Å². The second kappa shape index (κ2) is 5.80. The molecule has 0 aliphatic rings. The van der Waals surface area contributed by atoms with Gasteiger partial charge in [0.1, 0.15) is 4.60 Å². The molecular formula is C12H13BrN4. The molecule has 0 bridgehead atoms. The summed E-state index contributed by atoms with van der Waals surface area (Å²) in [7, 11) is 0. The molecule has 2 aromatic rings. The predicted octanol–water partition coefficient (Wildman–Crippen LogP) is 1.99. The average molecular weight is 293 g/mol. The maximum Gasteiger partial charge on any atom is 0.155 e. The molecule has 0 radical (unpaired) electrons. The van der Waals surface area contributed by atoms with Crippen LogP contribution >= 0.6 is 15.9 Å². The van der Waals surface area contributed by atoms with Crippen LogP contribution in [0.2, 0.25) is 0 Å². The number of fused-ring (bicyclic) bond motifs is 1. The number of rotatable bonds is 4. The van der Waals surface area contributed by atoms with Gasteiger partial charge in [0.15, 0.2) is 5.65 Å². The van der Waals surface area contributed by atoms with E-state index in [0.717, 1.165) is 35.5 Å². The Morgan fingerprint density at radius 2 is 2.29 bits per heavy atom. The summed E-state index contributed by atoms with van der Waals surface area (Å²) in [5.41, 5.74) is 1.98. The predicted molar refractivity (Wildman–Crippen MR) is 70.5 cm³/mol. The molecule has 88 valence electrons. The standard InChI is InChI=1S/C12H13BrN4/c1-2-3-4-5-14-6-10-7-16-12-8-15-11(13)9-17(10)12/h7-9,14H,4-6H2,1H3. The first-order valence-corrected chi connectivity index (χ1v) is 6.18. The van der Waals surface area contributed by atoms with Gasteiger partial charge in [0.25, 0.3) is 0 Å². The van der Waals surface area contributed by atoms with Crippen LogP contribution in [0.15, 0.2) is 23.2 Å². The van der Waals surface area contributed by atoms with Crippen LogP contribution in [0, 0.1) is 11.8 Å². The van der Waals surface area contributed by atoms with Gasteiger partial charge in [-0.2, -0.15) is 0 Å². The fourth-order valence-electron chi connectivity index (χ4n) is 1.54. The number of nitrogens with zero attached hydrogens (tertiary/aromatic N) is 3. The zero-order valence-electron chi connectivity index (χ0n) is 9.57. The summed E-state index contributed by atoms with van der Waals surface area (Å²) < 4.78 is 2.83. The van der Waals surface area contributed by atoms with Gasteiger partial charge in [-0.05, 0) is 22.9 Å². The van der Waals surface area contributed by atoms with E-state index in [4.69, 9.17) is 0 Å². The van der Waals surface area contributed by atoms with Crippen LogP contribution in [0.25, 0.3) is 5.65 Å². The van der Waals surface area contributed by atoms with Gasteiger partial charge in [-0.1, -0.05) is 0 Å². The number of halogens is 1. The highest BCUT2D eigenvalue weighted by Crippen LogP contribution is 2.10. The molecule has 2 rings (SSSR count). The minimum absolute atomic E-state index is 0.781. The van der Waals surface area contributed by atoms with Gasteiger partial charge in [-0.25, -0.2) is 9.97 Å². The Bertz CT molecular complexity index is 565. The van der Waals surface area contributed by atoms with Crippen LogP contribution in [0.1, 0.15) is 19.0 Å². The molecule has 0 amide bonds. The van der Waals surface area contributed by atoms with Crippen LogP contribution in [0.3, 0.4) is 0 Å². The minimum Gasteiger partial charge on any atom is -0.310 e. The van der Waals surface area contributed by atoms with E-state index in [-0.39, 0.29) is 0 Å². The lowest BCUT2D eigenvalue weighted by Gasteiger charge is -2.03. The lowest BCUT2D eigenvalue weighted by atomic mass is 10.4. The molecule has 2 aromatic heterocycles. The van der Waals surface area contributed by atoms with Crippen molar-refractivity contribution in [2.75, 3.05) is 6.54 Å². The molecule has 4 nitrogen and oxygen atoms in total. The SMILES string of the molecule is CC#CCCNCc1cnc2cnc(Br)cn12. The summed E-state index contributed by atoms with van der Waals surface area (Å²) in [6.45, 7) is 3.53. The molecule has 0 saturated carbocycles. The zero-order valence-corrected chi connectivity index (χ0v) is 11.2. The monoisotopic (exact) mass is 292 g/mol. The molecule has 1 N–H and O–H groups in total. The van der Waals surface area contributed by atoms with Crippen LogP contribution < -0.4 is 5.32 Å². The number of hydrogen-bond donors (Lipinski definition) is 1. The molecule has 5 heteroatoms. The smallest absolute Gasteiger partial charge is 0.155 e. The molecular weight excluding hydrogens is 280 g/mol. The molecule has 0 atom stereocenters. The highest BCUT2D eigenvalue weighted by atomic mass is 79.9. The fraction of sp³-hybridized carbons (Fsp3) is 0.333. The van der Waals surface area contributed by atoms with E-state index in [1.165, 1.54) is 0 Å². The van der Waals surface area contributed by atoms with E-state index in [0.29, 0.717) is 0 Å². The van der Waals surface area contributed by atoms with E-state index in [9.17, 15) is 0 Å². The van der Waals surface area contributed by atoms with Crippen molar-refractivity contribution < 1.29 is 0 Å². The van der Waals surface area contributed by atoms with E-state index in [1.54, 1.807) is 6.20 Å². The third kappa shape index (κ3) is 3.05. The molecule has 0 unspecified atom stereocenters. The van der Waals surface area contributed by atoms with Crippen LogP contribution in [0.5, 0.6) is 0 Å². The van der Waals surface area contributed by atoms with Crippen molar-refractivity contribution in [1.29, 1.82) is 0 Å². The Morgan fingerprint density at radius 3 is 3.12 bits per heavy atom. The molecule has 2 heterocycles. The van der Waals surface area contributed by atoms with Crippen molar-refractivity contribution >= 4 is 21.6 Å². The largest absolute Gasteiger partial charge is 0.310 e. The normalized spacial score (nSPS) is 10.2. The second-order valence-electron chi connectivity index (χ2n) is 3.54. The molecule has 0 aliphatic carbocycles. The van der Waals surface area contributed by atoms with E-state index >= 15 is 0 Å². The lowest BCUT2D eigenvalue weighted by Crippen LogP contribution is -2.15. The summed E-state index contributed by atoms with van der Waals surface area (Å²) in [5.74, 6) is 5.90. The van der Waals surface area contributed by atoms with E-state index in [1.807, 2.05) is 23.7 Å². The number of aromatic nitrogens is 3. The molecule has 0 saturated heterocycles. The van der Waals surface area contributed by atoms with Gasteiger partial charge < -0.3 is 5.32 Å². The Morgan fingerprint density at radius 1 is 1.41 bits per heavy atom. The summed E-state index contributed by atoms with van der Waals surface area (Å²) in [4.78, 5) is 8.42. The Balaban J connectivity index is 2.02. The summed E-state index contributed by atoms with van der Waals surface area (Å²) in [5, 5.41) is 3.34. The molecule has 0 aromatic carbocycles. The number of nitrogens with one attached hydrogen (secondary N) is 1. The van der Waals surface area contributed by atoms with Crippen molar-refractivity contribution in [3.05, 3.63) is 28.9 Å². The number of hydrogen-bond acceptors (Lipinski definition) is 3. The average Bonchev–Trinajstić information content (AvgIpc) is 2.72. The zero-order chi connectivity index (χ0) is 12.1. The van der Waals surface area contributed by atoms with Gasteiger partial charge in [-0.3, -0.25) is 4.40 Å². The number of imidazole rings is 1. The first-order valence-electron chi connectivity index (χ1n) is 5.39. The molecule has 0 fully saturated rings. The van der Waals surface area contributed by atoms with E-state index in [2.05, 4.69) is 43.1 Å². The highest BCUT2D eigenvalue weighted by Gasteiger charge is 2.03. The highest BCUT2D eigenvalue weighted by molar-refractivity contribution is 9.10. The van der Waals surface area contributed by atoms with Gasteiger partial charge in [0, 0.05) is 25.7 Å². The van der Waals surface area contributed by atoms with Crippen molar-refractivity contribution in [3.63, 3.8) is 0 Å². The first-order chi connectivity index (χ1) is 8.31. The second-order valence-corrected chi connectivity index (χ2v) is 4.35. The lowest BCUT2D eigenvalue weighted by molar-refractivity contribution is 0.683. The maximum absolute atomic E-state index is 4.29. The molecule has 17 heavy (non-hydrogen) atoms. The van der Waals surface area contributed by atoms with Gasteiger partial charge in [0.05, 0.1) is 18.1 Å². The topological polar surface area (TPSA) is 42.2 Å². The van der Waals surface area contributed by atoms with Crippen LogP contribution in [-0.2, 0) is 6.54 Å². The van der Waals surface area contributed by atoms with Crippen molar-refractivity contribution in [3.8, 4) is 11.8 Å². The fourth-order valence-corrected chi connectivity index (χ4v) is 1.85. The van der Waals surface area contributed by atoms with E-state index < -0.39 is 0 Å². The minimum atomic E-state index is 0.781. The molecule has 0 spiro atoms. The third-order valence-corrected chi connectivity index (χ3v) is 2.76. The quantitative estimate of drug-likeness (QED) is 0.692. The van der Waals surface area contributed by atoms with Gasteiger partial charge in [0.2, 0.25) is 0 Å². The first kappa shape index (κ1) is 12.1. The summed E-state index contributed by atoms with van der Waals surface area (Å²) >= 11 is 3.36. The Hall–Kier alpha value is -1.38. The Labute approximate surface area is 109 Å². The van der Waals surface area contributed by atoms with Crippen molar-refractivity contribution in [1.82, 2.24) is 19.7 Å². The summed E-state index contributed by atoms with van der Waals surface area (Å²) in [6, 6.07) is 0. The van der Waals surface area contributed by atoms with Crippen LogP contribution in [-0.4, -0.2) is 20.9 Å². The maximum atomic E-state index is 4.29. The van der Waals surface area contributed by atoms with Crippen molar-refractivity contribution in [2.45, 2.75) is 19.9 Å². The summed E-state index contributed by atoms with van der Waals surface area (Å²) in [6.07, 6.45) is 6.40. The van der Waals surface area contributed by atoms with Crippen LogP contribution in [0.4, 0.5) is 0 Å². The Kier molecular flexibility index (Phi) is 4.13. The van der Waals surface area contributed by atoms with Gasteiger partial charge >= 0.3 is 0 Å². The third-order valence-electron chi connectivity index (χ3n) is 2.35. The molecule has 0 aliphatic heterocycles. The van der Waals surface area contributed by atoms with Gasteiger partial charge in [-0.15, -0.1) is 11.8 Å².